The van der Waals surface area contributed by atoms with Crippen LogP contribution >= 0.6 is 0 Å². The maximum atomic E-state index is 13.3. The number of carbonyl (C=O) groups is 2. The monoisotopic (exact) mass is 472 g/mol. The number of benzene rings is 2. The van der Waals surface area contributed by atoms with Gasteiger partial charge >= 0.3 is 0 Å². The van der Waals surface area contributed by atoms with E-state index in [1.807, 2.05) is 20.8 Å². The van der Waals surface area contributed by atoms with Gasteiger partial charge in [0.1, 0.15) is 17.3 Å². The Hall–Kier alpha value is -4.13. The quantitative estimate of drug-likeness (QED) is 0.317. The molecule has 1 aromatic heterocycles. The standard InChI is InChI=1S/C28H28N2O5/c1-28(2,3)21-15-18(11-12-22(21)35-4)25(32)23-24(17-8-7-10-20(31)14-17)30(27(34)26(23)33)16-19-9-5-6-13-29-19/h5-15,24,31-32H,16H2,1-4H3/b25-23-. The number of nitrogens with zero attached hydrogens (tertiary/aromatic N) is 2. The van der Waals surface area contributed by atoms with E-state index in [9.17, 15) is 19.8 Å². The van der Waals surface area contributed by atoms with Crippen LogP contribution in [0.4, 0.5) is 0 Å². The fourth-order valence-electron chi connectivity index (χ4n) is 4.35. The number of hydrogen-bond acceptors (Lipinski definition) is 6. The second-order valence-corrected chi connectivity index (χ2v) is 9.51. The minimum absolute atomic E-state index is 0.00890. The molecule has 1 saturated heterocycles. The van der Waals surface area contributed by atoms with Gasteiger partial charge in [0.25, 0.3) is 11.7 Å². The highest BCUT2D eigenvalue weighted by Crippen LogP contribution is 2.42. The van der Waals surface area contributed by atoms with E-state index in [2.05, 4.69) is 4.98 Å². The first-order valence-corrected chi connectivity index (χ1v) is 11.3. The highest BCUT2D eigenvalue weighted by atomic mass is 16.5. The Morgan fingerprint density at radius 2 is 1.83 bits per heavy atom. The molecule has 4 rings (SSSR count). The minimum Gasteiger partial charge on any atom is -0.508 e. The lowest BCUT2D eigenvalue weighted by atomic mass is 9.84. The van der Waals surface area contributed by atoms with Crippen molar-refractivity contribution in [3.05, 3.63) is 94.8 Å². The van der Waals surface area contributed by atoms with Crippen LogP contribution in [0, 0.1) is 0 Å². The molecule has 35 heavy (non-hydrogen) atoms. The van der Waals surface area contributed by atoms with Gasteiger partial charge in [-0.05, 0) is 53.4 Å². The van der Waals surface area contributed by atoms with Crippen LogP contribution in [0.3, 0.4) is 0 Å². The molecule has 7 nitrogen and oxygen atoms in total. The Labute approximate surface area is 204 Å². The zero-order valence-electron chi connectivity index (χ0n) is 20.1. The number of carbonyl (C=O) groups excluding carboxylic acids is 2. The average Bonchev–Trinajstić information content (AvgIpc) is 3.08. The van der Waals surface area contributed by atoms with Gasteiger partial charge in [0, 0.05) is 17.3 Å². The van der Waals surface area contributed by atoms with Crippen molar-refractivity contribution in [2.24, 2.45) is 0 Å². The second kappa shape index (κ2) is 9.25. The van der Waals surface area contributed by atoms with E-state index < -0.39 is 17.7 Å². The number of aliphatic hydroxyl groups excluding tert-OH is 1. The summed E-state index contributed by atoms with van der Waals surface area (Å²) in [4.78, 5) is 32.1. The van der Waals surface area contributed by atoms with Crippen molar-refractivity contribution in [3.8, 4) is 11.5 Å². The molecule has 1 aliphatic rings. The van der Waals surface area contributed by atoms with E-state index >= 15 is 0 Å². The predicted molar refractivity (Wildman–Crippen MR) is 132 cm³/mol. The minimum atomic E-state index is -0.899. The van der Waals surface area contributed by atoms with Crippen LogP contribution in [-0.4, -0.2) is 38.9 Å². The summed E-state index contributed by atoms with van der Waals surface area (Å²) in [5.74, 6) is -1.16. The summed E-state index contributed by atoms with van der Waals surface area (Å²) in [5, 5.41) is 21.5. The summed E-state index contributed by atoms with van der Waals surface area (Å²) in [7, 11) is 1.58. The summed E-state index contributed by atoms with van der Waals surface area (Å²) in [6.07, 6.45) is 1.61. The normalized spacial score (nSPS) is 17.6. The number of phenols is 1. The first-order chi connectivity index (χ1) is 16.6. The van der Waals surface area contributed by atoms with Crippen LogP contribution in [0.2, 0.25) is 0 Å². The van der Waals surface area contributed by atoms with Crippen LogP contribution in [0.15, 0.2) is 72.4 Å². The van der Waals surface area contributed by atoms with Crippen molar-refractivity contribution in [2.45, 2.75) is 38.8 Å². The van der Waals surface area contributed by atoms with Gasteiger partial charge in [0.05, 0.1) is 31.0 Å². The number of aromatic nitrogens is 1. The largest absolute Gasteiger partial charge is 0.508 e. The first kappa shape index (κ1) is 24.0. The van der Waals surface area contributed by atoms with Crippen molar-refractivity contribution in [1.82, 2.24) is 9.88 Å². The molecule has 7 heteroatoms. The maximum Gasteiger partial charge on any atom is 0.296 e. The van der Waals surface area contributed by atoms with E-state index in [0.717, 1.165) is 5.56 Å². The third kappa shape index (κ3) is 4.62. The van der Waals surface area contributed by atoms with Crippen molar-refractivity contribution in [2.75, 3.05) is 7.11 Å². The lowest BCUT2D eigenvalue weighted by Crippen LogP contribution is -2.29. The number of phenolic OH excluding ortho intramolecular Hbond substituents is 1. The summed E-state index contributed by atoms with van der Waals surface area (Å²) in [6, 6.07) is 16.0. The Morgan fingerprint density at radius 1 is 1.06 bits per heavy atom. The highest BCUT2D eigenvalue weighted by Gasteiger charge is 2.46. The molecule has 0 radical (unpaired) electrons. The van der Waals surface area contributed by atoms with Gasteiger partial charge in [-0.1, -0.05) is 39.0 Å². The third-order valence-corrected chi connectivity index (χ3v) is 6.07. The zero-order valence-corrected chi connectivity index (χ0v) is 20.1. The molecular weight excluding hydrogens is 444 g/mol. The number of rotatable bonds is 5. The van der Waals surface area contributed by atoms with Crippen LogP contribution in [0.25, 0.3) is 5.76 Å². The van der Waals surface area contributed by atoms with Crippen molar-refractivity contribution >= 4 is 17.4 Å². The number of hydrogen-bond donors (Lipinski definition) is 2. The molecule has 1 aliphatic heterocycles. The summed E-state index contributed by atoms with van der Waals surface area (Å²) in [6.45, 7) is 6.13. The maximum absolute atomic E-state index is 13.3. The van der Waals surface area contributed by atoms with Gasteiger partial charge in [-0.2, -0.15) is 0 Å². The molecule has 1 fully saturated rings. The number of likely N-dealkylation sites (tertiary alicyclic amines) is 1. The fraction of sp³-hybridized carbons (Fsp3) is 0.250. The first-order valence-electron chi connectivity index (χ1n) is 11.3. The van der Waals surface area contributed by atoms with Crippen LogP contribution in [0.5, 0.6) is 11.5 Å². The summed E-state index contributed by atoms with van der Waals surface area (Å²) in [5.41, 5.74) is 2.02. The number of methoxy groups -OCH3 is 1. The van der Waals surface area contributed by atoms with Crippen molar-refractivity contribution in [1.29, 1.82) is 0 Å². The summed E-state index contributed by atoms with van der Waals surface area (Å²) < 4.78 is 5.50. The molecule has 0 spiro atoms. The number of pyridine rings is 1. The molecule has 0 bridgehead atoms. The van der Waals surface area contributed by atoms with Gasteiger partial charge < -0.3 is 19.8 Å². The third-order valence-electron chi connectivity index (χ3n) is 6.07. The molecule has 2 aromatic carbocycles. The van der Waals surface area contributed by atoms with E-state index in [4.69, 9.17) is 4.74 Å². The number of aromatic hydroxyl groups is 1. The number of ketones is 1. The average molecular weight is 473 g/mol. The Bertz CT molecular complexity index is 1310. The van der Waals surface area contributed by atoms with E-state index in [0.29, 0.717) is 22.6 Å². The van der Waals surface area contributed by atoms with Gasteiger partial charge in [0.2, 0.25) is 0 Å². The Balaban J connectivity index is 1.90. The predicted octanol–water partition coefficient (Wildman–Crippen LogP) is 4.72. The lowest BCUT2D eigenvalue weighted by molar-refractivity contribution is -0.140. The lowest BCUT2D eigenvalue weighted by Gasteiger charge is -2.26. The van der Waals surface area contributed by atoms with E-state index in [1.165, 1.54) is 17.0 Å². The Morgan fingerprint density at radius 3 is 2.46 bits per heavy atom. The van der Waals surface area contributed by atoms with E-state index in [-0.39, 0.29) is 29.0 Å². The smallest absolute Gasteiger partial charge is 0.296 e. The zero-order chi connectivity index (χ0) is 25.3. The van der Waals surface area contributed by atoms with Gasteiger partial charge in [-0.25, -0.2) is 0 Å². The van der Waals surface area contributed by atoms with Crippen LogP contribution in [-0.2, 0) is 21.5 Å². The number of Topliss-reactive ketones (excluding diaryl/α,β-unsaturated/α-hetero) is 1. The second-order valence-electron chi connectivity index (χ2n) is 9.51. The molecule has 3 aromatic rings. The number of aliphatic hydroxyl groups is 1. The molecule has 0 aliphatic carbocycles. The van der Waals surface area contributed by atoms with Gasteiger partial charge in [0.15, 0.2) is 0 Å². The van der Waals surface area contributed by atoms with Crippen molar-refractivity contribution in [3.63, 3.8) is 0 Å². The Kier molecular flexibility index (Phi) is 6.35. The summed E-state index contributed by atoms with van der Waals surface area (Å²) >= 11 is 0. The SMILES string of the molecule is COc1ccc(/C(O)=C2/C(=O)C(=O)N(Cc3ccccn3)C2c2cccc(O)c2)cc1C(C)(C)C. The van der Waals surface area contributed by atoms with Gasteiger partial charge in [-0.15, -0.1) is 0 Å². The fourth-order valence-corrected chi connectivity index (χ4v) is 4.35. The topological polar surface area (TPSA) is 100.0 Å². The van der Waals surface area contributed by atoms with Crippen LogP contribution < -0.4 is 4.74 Å². The van der Waals surface area contributed by atoms with E-state index in [1.54, 1.807) is 61.8 Å². The van der Waals surface area contributed by atoms with Gasteiger partial charge in [-0.3, -0.25) is 14.6 Å². The molecule has 2 N–H and O–H groups in total. The molecule has 180 valence electrons. The molecule has 1 atom stereocenters. The molecule has 2 heterocycles. The molecule has 1 unspecified atom stereocenters. The van der Waals surface area contributed by atoms with Crippen LogP contribution in [0.1, 0.15) is 49.2 Å². The highest BCUT2D eigenvalue weighted by molar-refractivity contribution is 6.46. The number of ether oxygens (including phenoxy) is 1. The van der Waals surface area contributed by atoms with Crippen molar-refractivity contribution < 1.29 is 24.5 Å². The molecule has 1 amide bonds. The molecule has 0 saturated carbocycles. The number of amides is 1. The molecular formula is C28H28N2O5.